The molecule has 39 heavy (non-hydrogen) atoms. The van der Waals surface area contributed by atoms with Crippen LogP contribution in [-0.2, 0) is 0 Å². The molecule has 2 aromatic carbocycles. The molecule has 198 valence electrons. The van der Waals surface area contributed by atoms with E-state index in [2.05, 4.69) is 15.3 Å². The summed E-state index contributed by atoms with van der Waals surface area (Å²) in [5, 5.41) is 3.32. The molecule has 6 nitrogen and oxygen atoms in total. The average Bonchev–Trinajstić information content (AvgIpc) is 3.52. The number of nitrogens with one attached hydrogen (secondary N) is 1. The fourth-order valence-corrected chi connectivity index (χ4v) is 6.03. The number of carbonyl (C=O) groups is 1. The lowest BCUT2D eigenvalue weighted by Crippen LogP contribution is -2.39. The Morgan fingerprint density at radius 1 is 1.00 bits per heavy atom. The van der Waals surface area contributed by atoms with E-state index in [9.17, 15) is 18.0 Å². The molecule has 1 amide bonds. The number of thiazole rings is 1. The third-order valence-corrected chi connectivity index (χ3v) is 8.04. The van der Waals surface area contributed by atoms with E-state index in [1.54, 1.807) is 24.3 Å². The second-order valence-corrected chi connectivity index (χ2v) is 11.1. The molecule has 6 rings (SSSR count). The molecular formula is C28H21ClF3N5OS. The van der Waals surface area contributed by atoms with Gasteiger partial charge in [-0.25, -0.2) is 23.1 Å². The summed E-state index contributed by atoms with van der Waals surface area (Å²) >= 11 is 7.05. The molecule has 1 N–H and O–H groups in total. The van der Waals surface area contributed by atoms with Gasteiger partial charge in [0.15, 0.2) is 5.01 Å². The van der Waals surface area contributed by atoms with Gasteiger partial charge in [0.05, 0.1) is 34.7 Å². The third-order valence-electron chi connectivity index (χ3n) is 6.93. The minimum atomic E-state index is -0.732. The Hall–Kier alpha value is -3.76. The molecule has 0 unspecified atom stereocenters. The molecule has 0 bridgehead atoms. The first-order valence-corrected chi connectivity index (χ1v) is 13.6. The number of benzene rings is 2. The number of aromatic nitrogens is 4. The predicted molar refractivity (Wildman–Crippen MR) is 144 cm³/mol. The highest BCUT2D eigenvalue weighted by atomic mass is 35.5. The Kier molecular flexibility index (Phi) is 6.82. The van der Waals surface area contributed by atoms with Crippen LogP contribution in [0.2, 0.25) is 4.34 Å². The molecule has 5 aromatic rings. The number of hydrogen-bond donors (Lipinski definition) is 1. The van der Waals surface area contributed by atoms with Gasteiger partial charge >= 0.3 is 0 Å². The molecule has 0 radical (unpaired) electrons. The molecule has 2 atom stereocenters. The van der Waals surface area contributed by atoms with E-state index in [-0.39, 0.29) is 34.3 Å². The molecule has 3 aromatic heterocycles. The highest BCUT2D eigenvalue weighted by Gasteiger charge is 2.30. The number of imidazole rings is 1. The van der Waals surface area contributed by atoms with E-state index in [0.29, 0.717) is 33.2 Å². The Morgan fingerprint density at radius 2 is 1.77 bits per heavy atom. The summed E-state index contributed by atoms with van der Waals surface area (Å²) in [7, 11) is 0. The minimum absolute atomic E-state index is 0.112. The summed E-state index contributed by atoms with van der Waals surface area (Å²) in [6, 6.07) is 11.2. The van der Waals surface area contributed by atoms with E-state index in [1.807, 2.05) is 4.57 Å². The molecule has 1 aliphatic carbocycles. The van der Waals surface area contributed by atoms with Crippen LogP contribution in [0.15, 0.2) is 60.9 Å². The van der Waals surface area contributed by atoms with Crippen LogP contribution >= 0.6 is 22.9 Å². The van der Waals surface area contributed by atoms with Crippen molar-refractivity contribution >= 4 is 39.9 Å². The van der Waals surface area contributed by atoms with E-state index in [0.717, 1.165) is 30.6 Å². The standard InChI is InChI=1S/C28H21ClF3N5OS/c29-24-14-34-28(39-24)27(38)35-15-5-3-6-16(11-15)37-23-12-21(25-19(31)9-4-10-20(25)32)33-13-22(23)36-26(37)17-7-1-2-8-18(17)30/h1-2,4,7-10,12-16H,3,5-6,11H2,(H,35,38)/t15-,16+/m0/s1. The third kappa shape index (κ3) is 4.90. The molecule has 3 heterocycles. The van der Waals surface area contributed by atoms with Crippen LogP contribution in [0, 0.1) is 17.5 Å². The maximum Gasteiger partial charge on any atom is 0.280 e. The smallest absolute Gasteiger partial charge is 0.280 e. The Balaban J connectivity index is 1.43. The monoisotopic (exact) mass is 567 g/mol. The lowest BCUT2D eigenvalue weighted by Gasteiger charge is -2.32. The first kappa shape index (κ1) is 25.5. The molecule has 0 spiro atoms. The van der Waals surface area contributed by atoms with Gasteiger partial charge in [-0.15, -0.1) is 0 Å². The summed E-state index contributed by atoms with van der Waals surface area (Å²) < 4.78 is 46.6. The first-order valence-electron chi connectivity index (χ1n) is 12.4. The second-order valence-electron chi connectivity index (χ2n) is 9.40. The molecule has 0 aliphatic heterocycles. The zero-order chi connectivity index (χ0) is 27.1. The summed E-state index contributed by atoms with van der Waals surface area (Å²) in [6.45, 7) is 0. The number of fused-ring (bicyclic) bond motifs is 1. The van der Waals surface area contributed by atoms with Gasteiger partial charge in [0.2, 0.25) is 0 Å². The number of carbonyl (C=O) groups excluding carboxylic acids is 1. The zero-order valence-corrected chi connectivity index (χ0v) is 21.9. The van der Waals surface area contributed by atoms with Crippen LogP contribution < -0.4 is 5.32 Å². The molecular weight excluding hydrogens is 547 g/mol. The van der Waals surface area contributed by atoms with E-state index in [4.69, 9.17) is 16.6 Å². The van der Waals surface area contributed by atoms with Crippen molar-refractivity contribution in [2.75, 3.05) is 0 Å². The molecule has 0 saturated heterocycles. The van der Waals surface area contributed by atoms with Gasteiger partial charge in [0.25, 0.3) is 5.91 Å². The zero-order valence-electron chi connectivity index (χ0n) is 20.4. The van der Waals surface area contributed by atoms with Crippen molar-refractivity contribution in [2.45, 2.75) is 37.8 Å². The van der Waals surface area contributed by atoms with Gasteiger partial charge in [-0.2, -0.15) is 0 Å². The quantitative estimate of drug-likeness (QED) is 0.244. The number of rotatable bonds is 5. The first-order chi connectivity index (χ1) is 18.9. The molecule has 1 fully saturated rings. The van der Waals surface area contributed by atoms with Crippen LogP contribution in [0.1, 0.15) is 41.5 Å². The van der Waals surface area contributed by atoms with E-state index >= 15 is 0 Å². The molecule has 11 heteroatoms. The topological polar surface area (TPSA) is 72.7 Å². The summed E-state index contributed by atoms with van der Waals surface area (Å²) in [5.74, 6) is -1.82. The summed E-state index contributed by atoms with van der Waals surface area (Å²) in [4.78, 5) is 25.8. The number of halogens is 4. The van der Waals surface area contributed by atoms with Gasteiger partial charge in [-0.1, -0.05) is 41.1 Å². The van der Waals surface area contributed by atoms with Crippen molar-refractivity contribution in [3.63, 3.8) is 0 Å². The maximum atomic E-state index is 15.0. The highest BCUT2D eigenvalue weighted by Crippen LogP contribution is 2.38. The van der Waals surface area contributed by atoms with Gasteiger partial charge in [0.1, 0.15) is 33.1 Å². The Bertz CT molecular complexity index is 1680. The summed E-state index contributed by atoms with van der Waals surface area (Å²) in [6.07, 6.45) is 5.73. The predicted octanol–water partition coefficient (Wildman–Crippen LogP) is 7.21. The average molecular weight is 568 g/mol. The lowest BCUT2D eigenvalue weighted by molar-refractivity contribution is 0.0920. The molecule has 1 saturated carbocycles. The van der Waals surface area contributed by atoms with Gasteiger partial charge in [0, 0.05) is 12.1 Å². The number of amides is 1. The van der Waals surface area contributed by atoms with Crippen LogP contribution in [0.3, 0.4) is 0 Å². The van der Waals surface area contributed by atoms with Gasteiger partial charge in [-0.05, 0) is 56.0 Å². The lowest BCUT2D eigenvalue weighted by atomic mass is 9.90. The Labute approximate surface area is 230 Å². The van der Waals surface area contributed by atoms with E-state index < -0.39 is 17.5 Å². The van der Waals surface area contributed by atoms with Crippen molar-refractivity contribution in [2.24, 2.45) is 0 Å². The normalized spacial score (nSPS) is 17.4. The van der Waals surface area contributed by atoms with Crippen molar-refractivity contribution < 1.29 is 18.0 Å². The molecule has 1 aliphatic rings. The second kappa shape index (κ2) is 10.4. The van der Waals surface area contributed by atoms with Crippen molar-refractivity contribution in [3.05, 3.63) is 87.7 Å². The SMILES string of the molecule is O=C(N[C@H]1CCC[C@@H](n2c(-c3ccccc3F)nc3cnc(-c4c(F)cccc4F)cc32)C1)c1ncc(Cl)s1. The van der Waals surface area contributed by atoms with Crippen LogP contribution in [0.4, 0.5) is 13.2 Å². The number of nitrogens with zero attached hydrogens (tertiary/aromatic N) is 4. The summed E-state index contributed by atoms with van der Waals surface area (Å²) in [5.41, 5.74) is 1.22. The number of hydrogen-bond acceptors (Lipinski definition) is 5. The fraction of sp³-hybridized carbons (Fsp3) is 0.214. The fourth-order valence-electron chi connectivity index (χ4n) is 5.22. The largest absolute Gasteiger partial charge is 0.347 e. The van der Waals surface area contributed by atoms with Crippen LogP contribution in [0.5, 0.6) is 0 Å². The maximum absolute atomic E-state index is 15.0. The Morgan fingerprint density at radius 3 is 2.51 bits per heavy atom. The van der Waals surface area contributed by atoms with Crippen LogP contribution in [0.25, 0.3) is 33.7 Å². The van der Waals surface area contributed by atoms with Gasteiger partial charge in [-0.3, -0.25) is 9.78 Å². The highest BCUT2D eigenvalue weighted by molar-refractivity contribution is 7.17. The van der Waals surface area contributed by atoms with Crippen LogP contribution in [-0.4, -0.2) is 31.5 Å². The van der Waals surface area contributed by atoms with Crippen molar-refractivity contribution in [1.82, 2.24) is 24.8 Å². The van der Waals surface area contributed by atoms with Crippen molar-refractivity contribution in [1.29, 1.82) is 0 Å². The number of pyridine rings is 1. The van der Waals surface area contributed by atoms with Gasteiger partial charge < -0.3 is 9.88 Å². The minimum Gasteiger partial charge on any atom is -0.347 e. The van der Waals surface area contributed by atoms with E-state index in [1.165, 1.54) is 36.7 Å². The van der Waals surface area contributed by atoms with Crippen molar-refractivity contribution in [3.8, 4) is 22.6 Å².